The van der Waals surface area contributed by atoms with E-state index in [4.69, 9.17) is 4.43 Å². The van der Waals surface area contributed by atoms with E-state index < -0.39 is 20.2 Å². The highest BCUT2D eigenvalue weighted by molar-refractivity contribution is 6.99. The Balaban J connectivity index is 2.59. The molecular formula is C20H26O3Si. The van der Waals surface area contributed by atoms with Gasteiger partial charge in [-0.25, -0.2) is 0 Å². The topological polar surface area (TPSA) is 46.5 Å². The van der Waals surface area contributed by atoms with Crippen LogP contribution in [0, 0.1) is 5.92 Å². The zero-order chi connectivity index (χ0) is 17.8. The van der Waals surface area contributed by atoms with E-state index in [0.29, 0.717) is 0 Å². The summed E-state index contributed by atoms with van der Waals surface area (Å²) >= 11 is 0. The van der Waals surface area contributed by atoms with E-state index in [1.165, 1.54) is 10.4 Å². The number of hydrogen-bond acceptors (Lipinski definition) is 2. The number of carbonyl (C=O) groups is 1. The van der Waals surface area contributed by atoms with Gasteiger partial charge in [0.2, 0.25) is 0 Å². The lowest BCUT2D eigenvalue weighted by Gasteiger charge is -2.43. The van der Waals surface area contributed by atoms with Gasteiger partial charge in [0, 0.05) is 6.61 Å². The highest BCUT2D eigenvalue weighted by Crippen LogP contribution is 2.36. The lowest BCUT2D eigenvalue weighted by Crippen LogP contribution is -2.67. The van der Waals surface area contributed by atoms with Crippen molar-refractivity contribution in [1.82, 2.24) is 0 Å². The second-order valence-electron chi connectivity index (χ2n) is 7.21. The maximum absolute atomic E-state index is 11.3. The van der Waals surface area contributed by atoms with Crippen LogP contribution >= 0.6 is 0 Å². The standard InChI is InChI=1S/C20H26O3Si/c1-16(19(21)22)15-23-24(20(2,3)4,17-11-7-5-8-12-17)18-13-9-6-10-14-18/h5-14,16H,15H2,1-4H3,(H,21,22). The summed E-state index contributed by atoms with van der Waals surface area (Å²) in [5.74, 6) is -1.36. The van der Waals surface area contributed by atoms with Crippen LogP contribution in [0.1, 0.15) is 27.7 Å². The van der Waals surface area contributed by atoms with Gasteiger partial charge in [-0.15, -0.1) is 0 Å². The van der Waals surface area contributed by atoms with Gasteiger partial charge in [0.1, 0.15) is 0 Å². The van der Waals surface area contributed by atoms with Gasteiger partial charge in [0.25, 0.3) is 8.32 Å². The van der Waals surface area contributed by atoms with Crippen molar-refractivity contribution in [2.75, 3.05) is 6.61 Å². The van der Waals surface area contributed by atoms with Crippen molar-refractivity contribution in [1.29, 1.82) is 0 Å². The molecule has 0 spiro atoms. The quantitative estimate of drug-likeness (QED) is 0.820. The highest BCUT2D eigenvalue weighted by atomic mass is 28.4. The Morgan fingerprint density at radius 1 is 1.00 bits per heavy atom. The van der Waals surface area contributed by atoms with Crippen LogP contribution < -0.4 is 10.4 Å². The van der Waals surface area contributed by atoms with Crippen LogP contribution in [0.2, 0.25) is 5.04 Å². The van der Waals surface area contributed by atoms with Crippen molar-refractivity contribution in [2.24, 2.45) is 5.92 Å². The number of benzene rings is 2. The number of rotatable bonds is 6. The molecule has 1 N–H and O–H groups in total. The van der Waals surface area contributed by atoms with E-state index in [9.17, 15) is 9.90 Å². The second-order valence-corrected chi connectivity index (χ2v) is 11.5. The maximum atomic E-state index is 11.3. The average molecular weight is 343 g/mol. The molecule has 0 heterocycles. The molecule has 3 nitrogen and oxygen atoms in total. The van der Waals surface area contributed by atoms with Crippen molar-refractivity contribution >= 4 is 24.7 Å². The molecular weight excluding hydrogens is 316 g/mol. The fourth-order valence-corrected chi connectivity index (χ4v) is 7.74. The maximum Gasteiger partial charge on any atom is 0.308 e. The first-order chi connectivity index (χ1) is 11.3. The molecule has 0 aliphatic rings. The van der Waals surface area contributed by atoms with Crippen LogP contribution in [-0.4, -0.2) is 26.0 Å². The molecule has 128 valence electrons. The van der Waals surface area contributed by atoms with E-state index >= 15 is 0 Å². The summed E-state index contributed by atoms with van der Waals surface area (Å²) in [5, 5.41) is 11.5. The molecule has 2 rings (SSSR count). The molecule has 1 unspecified atom stereocenters. The Kier molecular flexibility index (Phi) is 5.62. The van der Waals surface area contributed by atoms with E-state index in [-0.39, 0.29) is 11.6 Å². The molecule has 2 aromatic carbocycles. The molecule has 0 amide bonds. The average Bonchev–Trinajstić information content (AvgIpc) is 2.56. The van der Waals surface area contributed by atoms with Crippen LogP contribution in [-0.2, 0) is 9.22 Å². The molecule has 0 saturated heterocycles. The Morgan fingerprint density at radius 3 is 1.75 bits per heavy atom. The minimum Gasteiger partial charge on any atom is -0.481 e. The monoisotopic (exact) mass is 342 g/mol. The summed E-state index contributed by atoms with van der Waals surface area (Å²) in [5.41, 5.74) is 0. The van der Waals surface area contributed by atoms with Gasteiger partial charge in [-0.1, -0.05) is 81.4 Å². The third-order valence-corrected chi connectivity index (χ3v) is 9.39. The van der Waals surface area contributed by atoms with Crippen molar-refractivity contribution in [3.63, 3.8) is 0 Å². The van der Waals surface area contributed by atoms with Crippen molar-refractivity contribution < 1.29 is 14.3 Å². The minimum absolute atomic E-state index is 0.131. The van der Waals surface area contributed by atoms with Crippen molar-refractivity contribution in [3.8, 4) is 0 Å². The number of aliphatic carboxylic acids is 1. The zero-order valence-corrected chi connectivity index (χ0v) is 15.8. The largest absolute Gasteiger partial charge is 0.481 e. The fourth-order valence-electron chi connectivity index (χ4n) is 3.08. The van der Waals surface area contributed by atoms with Crippen LogP contribution in [0.15, 0.2) is 60.7 Å². The molecule has 0 aromatic heterocycles. The predicted octanol–water partition coefficient (Wildman–Crippen LogP) is 3.28. The smallest absolute Gasteiger partial charge is 0.308 e. The molecule has 0 aliphatic carbocycles. The molecule has 2 aromatic rings. The number of hydrogen-bond donors (Lipinski definition) is 1. The highest BCUT2D eigenvalue weighted by Gasteiger charge is 2.50. The van der Waals surface area contributed by atoms with Gasteiger partial charge in [-0.05, 0) is 22.3 Å². The third-order valence-electron chi connectivity index (χ3n) is 4.39. The van der Waals surface area contributed by atoms with E-state index in [2.05, 4.69) is 45.0 Å². The lowest BCUT2D eigenvalue weighted by atomic mass is 10.2. The Hall–Kier alpha value is -1.91. The Morgan fingerprint density at radius 2 is 1.42 bits per heavy atom. The van der Waals surface area contributed by atoms with Gasteiger partial charge >= 0.3 is 5.97 Å². The summed E-state index contributed by atoms with van der Waals surface area (Å²) < 4.78 is 6.55. The van der Waals surface area contributed by atoms with Crippen molar-refractivity contribution in [3.05, 3.63) is 60.7 Å². The van der Waals surface area contributed by atoms with Gasteiger partial charge < -0.3 is 9.53 Å². The van der Waals surface area contributed by atoms with E-state index in [1.807, 2.05) is 36.4 Å². The third kappa shape index (κ3) is 3.60. The predicted molar refractivity (Wildman–Crippen MR) is 100 cm³/mol. The first kappa shape index (κ1) is 18.4. The molecule has 0 radical (unpaired) electrons. The molecule has 4 heteroatoms. The van der Waals surface area contributed by atoms with Crippen LogP contribution in [0.4, 0.5) is 0 Å². The van der Waals surface area contributed by atoms with Gasteiger partial charge in [0.05, 0.1) is 5.92 Å². The van der Waals surface area contributed by atoms with Crippen LogP contribution in [0.25, 0.3) is 0 Å². The lowest BCUT2D eigenvalue weighted by molar-refractivity contribution is -0.142. The molecule has 0 aliphatic heterocycles. The minimum atomic E-state index is -2.62. The Bertz CT molecular complexity index is 623. The fraction of sp³-hybridized carbons (Fsp3) is 0.350. The van der Waals surface area contributed by atoms with Gasteiger partial charge in [-0.2, -0.15) is 0 Å². The summed E-state index contributed by atoms with van der Waals surface area (Å²) in [6.07, 6.45) is 0. The van der Waals surface area contributed by atoms with Crippen LogP contribution in [0.5, 0.6) is 0 Å². The molecule has 0 saturated carbocycles. The Labute approximate surface area is 145 Å². The summed E-state index contributed by atoms with van der Waals surface area (Å²) in [6.45, 7) is 8.46. The normalized spacial score (nSPS) is 13.5. The summed E-state index contributed by atoms with van der Waals surface area (Å²) in [4.78, 5) is 11.3. The summed E-state index contributed by atoms with van der Waals surface area (Å²) in [7, 11) is -2.62. The molecule has 24 heavy (non-hydrogen) atoms. The number of carboxylic acid groups (broad SMARTS) is 1. The molecule has 0 bridgehead atoms. The van der Waals surface area contributed by atoms with Crippen LogP contribution in [0.3, 0.4) is 0 Å². The van der Waals surface area contributed by atoms with E-state index in [1.54, 1.807) is 6.92 Å². The van der Waals surface area contributed by atoms with E-state index in [0.717, 1.165) is 0 Å². The second kappa shape index (κ2) is 7.32. The number of carboxylic acids is 1. The van der Waals surface area contributed by atoms with Crippen molar-refractivity contribution in [2.45, 2.75) is 32.7 Å². The van der Waals surface area contributed by atoms with Gasteiger partial charge in [0.15, 0.2) is 0 Å². The zero-order valence-electron chi connectivity index (χ0n) is 14.8. The summed E-state index contributed by atoms with van der Waals surface area (Å²) in [6, 6.07) is 20.5. The molecule has 0 fully saturated rings. The first-order valence-corrected chi connectivity index (χ1v) is 10.2. The first-order valence-electron chi connectivity index (χ1n) is 8.27. The van der Waals surface area contributed by atoms with Gasteiger partial charge in [-0.3, -0.25) is 4.79 Å². The SMILES string of the molecule is CC(CO[Si](c1ccccc1)(c1ccccc1)C(C)(C)C)C(=O)O. The molecule has 1 atom stereocenters.